The highest BCUT2D eigenvalue weighted by Crippen LogP contribution is 2.38. The van der Waals surface area contributed by atoms with Crippen molar-refractivity contribution < 1.29 is 28.6 Å². The van der Waals surface area contributed by atoms with E-state index in [0.29, 0.717) is 12.1 Å². The fourth-order valence-electron chi connectivity index (χ4n) is 4.55. The number of aromatic carboxylic acids is 1. The smallest absolute Gasteiger partial charge is 0.335 e. The molecule has 1 heterocycles. The Morgan fingerprint density at radius 1 is 1.18 bits per heavy atom. The quantitative estimate of drug-likeness (QED) is 0.342. The monoisotopic (exact) mass is 540 g/mol. The fraction of sp³-hybridized carbons (Fsp3) is 0.286. The molecule has 38 heavy (non-hydrogen) atoms. The van der Waals surface area contributed by atoms with Gasteiger partial charge in [0.2, 0.25) is 5.91 Å². The minimum Gasteiger partial charge on any atom is -0.495 e. The number of rotatable bonds is 9. The number of pyridine rings is 1. The normalized spacial score (nSPS) is 13.9. The van der Waals surface area contributed by atoms with E-state index in [-0.39, 0.29) is 38.9 Å². The molecule has 1 aliphatic carbocycles. The van der Waals surface area contributed by atoms with E-state index in [1.54, 1.807) is 0 Å². The van der Waals surface area contributed by atoms with E-state index in [4.69, 9.17) is 21.4 Å². The summed E-state index contributed by atoms with van der Waals surface area (Å²) in [6.07, 6.45) is 4.63. The van der Waals surface area contributed by atoms with Crippen LogP contribution in [0.3, 0.4) is 0 Å². The fourth-order valence-corrected chi connectivity index (χ4v) is 4.71. The lowest BCUT2D eigenvalue weighted by atomic mass is 9.80. The molecule has 4 rings (SSSR count). The van der Waals surface area contributed by atoms with Gasteiger partial charge in [0.25, 0.3) is 5.56 Å². The maximum Gasteiger partial charge on any atom is 0.335 e. The number of carbonyl (C=O) groups is 3. The van der Waals surface area contributed by atoms with Gasteiger partial charge in [0, 0.05) is 28.4 Å². The SMILES string of the molecule is COc1cn([C@@H](CC2CCC2)C(=O)Nc2ccc(C(=O)O)cc2)c(=O)cc1-c1c(C(C)=O)ccc(Cl)c1F. The number of nitrogens with zero attached hydrogens (tertiary/aromatic N) is 1. The molecule has 2 N–H and O–H groups in total. The Bertz CT molecular complexity index is 1460. The first-order valence-electron chi connectivity index (χ1n) is 12.0. The number of methoxy groups -OCH3 is 1. The number of anilines is 1. The van der Waals surface area contributed by atoms with Gasteiger partial charge in [0.15, 0.2) is 5.78 Å². The van der Waals surface area contributed by atoms with Gasteiger partial charge in [-0.05, 0) is 55.7 Å². The van der Waals surface area contributed by atoms with Gasteiger partial charge in [-0.2, -0.15) is 0 Å². The lowest BCUT2D eigenvalue weighted by molar-refractivity contribution is -0.120. The molecule has 1 aromatic heterocycles. The Hall–Kier alpha value is -3.98. The summed E-state index contributed by atoms with van der Waals surface area (Å²) in [7, 11) is 1.34. The summed E-state index contributed by atoms with van der Waals surface area (Å²) in [6.45, 7) is 1.28. The maximum absolute atomic E-state index is 15.1. The molecular formula is C28H26ClFN2O6. The molecule has 10 heteroatoms. The van der Waals surface area contributed by atoms with Gasteiger partial charge >= 0.3 is 5.97 Å². The van der Waals surface area contributed by atoms with Crippen LogP contribution >= 0.6 is 11.6 Å². The number of carboxylic acids is 1. The third kappa shape index (κ3) is 5.47. The highest BCUT2D eigenvalue weighted by molar-refractivity contribution is 6.31. The minimum atomic E-state index is -1.09. The van der Waals surface area contributed by atoms with Crippen LogP contribution in [0.1, 0.15) is 59.4 Å². The number of aromatic nitrogens is 1. The zero-order chi connectivity index (χ0) is 27.6. The molecular weight excluding hydrogens is 515 g/mol. The molecule has 1 saturated carbocycles. The van der Waals surface area contributed by atoms with Gasteiger partial charge < -0.3 is 15.2 Å². The second-order valence-electron chi connectivity index (χ2n) is 9.26. The summed E-state index contributed by atoms with van der Waals surface area (Å²) in [5.41, 5.74) is -0.201. The van der Waals surface area contributed by atoms with Crippen molar-refractivity contribution in [3.05, 3.63) is 81.0 Å². The molecule has 1 aliphatic rings. The van der Waals surface area contributed by atoms with Crippen LogP contribution in [0.2, 0.25) is 5.02 Å². The van der Waals surface area contributed by atoms with Gasteiger partial charge in [-0.3, -0.25) is 19.0 Å². The molecule has 0 bridgehead atoms. The number of carboxylic acid groups (broad SMARTS) is 1. The average molecular weight is 541 g/mol. The Kier molecular flexibility index (Phi) is 7.97. The second-order valence-corrected chi connectivity index (χ2v) is 9.67. The molecule has 0 aliphatic heterocycles. The number of ether oxygens (including phenoxy) is 1. The van der Waals surface area contributed by atoms with E-state index in [2.05, 4.69) is 5.32 Å². The Labute approximate surface area is 223 Å². The molecule has 1 atom stereocenters. The van der Waals surface area contributed by atoms with Crippen LogP contribution in [0, 0.1) is 11.7 Å². The summed E-state index contributed by atoms with van der Waals surface area (Å²) in [5, 5.41) is 11.6. The van der Waals surface area contributed by atoms with Gasteiger partial charge in [-0.1, -0.05) is 30.9 Å². The molecule has 1 fully saturated rings. The van der Waals surface area contributed by atoms with Crippen molar-refractivity contribution >= 4 is 34.9 Å². The van der Waals surface area contributed by atoms with E-state index in [0.717, 1.165) is 25.3 Å². The molecule has 2 aromatic carbocycles. The number of hydrogen-bond donors (Lipinski definition) is 2. The van der Waals surface area contributed by atoms with Gasteiger partial charge in [0.05, 0.1) is 23.9 Å². The zero-order valence-electron chi connectivity index (χ0n) is 20.8. The standard InChI is InChI=1S/C28H26ClFN2O6/c1-15(33)19-10-11-21(29)26(30)25(19)20-13-24(34)32(14-23(20)38-2)22(12-16-4-3-5-16)27(35)31-18-8-6-17(7-9-18)28(36)37/h6-11,13-14,16,22H,3-5,12H2,1-2H3,(H,31,35)(H,36,37)/t22-/m0/s1. The summed E-state index contributed by atoms with van der Waals surface area (Å²) in [5.74, 6) is -2.50. The number of nitrogens with one attached hydrogen (secondary N) is 1. The first-order chi connectivity index (χ1) is 18.1. The van der Waals surface area contributed by atoms with Crippen molar-refractivity contribution in [1.82, 2.24) is 4.57 Å². The van der Waals surface area contributed by atoms with E-state index in [1.165, 1.54) is 61.2 Å². The van der Waals surface area contributed by atoms with Crippen molar-refractivity contribution in [3.8, 4) is 16.9 Å². The molecule has 3 aromatic rings. The number of carbonyl (C=O) groups excluding carboxylic acids is 2. The van der Waals surface area contributed by atoms with E-state index in [9.17, 15) is 19.2 Å². The predicted octanol–water partition coefficient (Wildman–Crippen LogP) is 5.59. The Morgan fingerprint density at radius 2 is 1.87 bits per heavy atom. The predicted molar refractivity (Wildman–Crippen MR) is 141 cm³/mol. The number of amides is 1. The first kappa shape index (κ1) is 27.1. The van der Waals surface area contributed by atoms with Crippen LogP contribution in [-0.4, -0.2) is 34.4 Å². The van der Waals surface area contributed by atoms with Crippen molar-refractivity contribution in [2.75, 3.05) is 12.4 Å². The number of hydrogen-bond acceptors (Lipinski definition) is 5. The molecule has 0 saturated heterocycles. The van der Waals surface area contributed by atoms with Gasteiger partial charge in [-0.15, -0.1) is 0 Å². The van der Waals surface area contributed by atoms with Crippen molar-refractivity contribution in [1.29, 1.82) is 0 Å². The van der Waals surface area contributed by atoms with Crippen molar-refractivity contribution in [2.24, 2.45) is 5.92 Å². The maximum atomic E-state index is 15.1. The van der Waals surface area contributed by atoms with Crippen LogP contribution in [0.5, 0.6) is 5.75 Å². The molecule has 1 amide bonds. The first-order valence-corrected chi connectivity index (χ1v) is 12.4. The highest BCUT2D eigenvalue weighted by atomic mass is 35.5. The average Bonchev–Trinajstić information content (AvgIpc) is 2.85. The molecule has 0 spiro atoms. The summed E-state index contributed by atoms with van der Waals surface area (Å²) in [4.78, 5) is 50.1. The number of halogens is 2. The van der Waals surface area contributed by atoms with E-state index >= 15 is 4.39 Å². The summed E-state index contributed by atoms with van der Waals surface area (Å²) >= 11 is 5.99. The third-order valence-electron chi connectivity index (χ3n) is 6.83. The second kappa shape index (κ2) is 11.2. The summed E-state index contributed by atoms with van der Waals surface area (Å²) < 4.78 is 21.9. The van der Waals surface area contributed by atoms with Crippen LogP contribution < -0.4 is 15.6 Å². The Morgan fingerprint density at radius 3 is 2.42 bits per heavy atom. The van der Waals surface area contributed by atoms with E-state index < -0.39 is 35.1 Å². The molecule has 8 nitrogen and oxygen atoms in total. The molecule has 0 radical (unpaired) electrons. The number of ketones is 1. The van der Waals surface area contributed by atoms with Crippen molar-refractivity contribution in [3.63, 3.8) is 0 Å². The zero-order valence-corrected chi connectivity index (χ0v) is 21.5. The number of Topliss-reactive ketones (excluding diaryl/α,β-unsaturated/α-hetero) is 1. The third-order valence-corrected chi connectivity index (χ3v) is 7.12. The Balaban J connectivity index is 1.77. The van der Waals surface area contributed by atoms with Crippen LogP contribution in [0.25, 0.3) is 11.1 Å². The lowest BCUT2D eigenvalue weighted by Crippen LogP contribution is -2.35. The molecule has 198 valence electrons. The highest BCUT2D eigenvalue weighted by Gasteiger charge is 2.30. The molecule has 0 unspecified atom stereocenters. The topological polar surface area (TPSA) is 115 Å². The van der Waals surface area contributed by atoms with Crippen LogP contribution in [-0.2, 0) is 4.79 Å². The van der Waals surface area contributed by atoms with Crippen molar-refractivity contribution in [2.45, 2.75) is 38.6 Å². The summed E-state index contributed by atoms with van der Waals surface area (Å²) in [6, 6.07) is 8.57. The van der Waals surface area contributed by atoms with Crippen LogP contribution in [0.4, 0.5) is 10.1 Å². The largest absolute Gasteiger partial charge is 0.495 e. The lowest BCUT2D eigenvalue weighted by Gasteiger charge is -2.30. The van der Waals surface area contributed by atoms with Gasteiger partial charge in [-0.25, -0.2) is 9.18 Å². The van der Waals surface area contributed by atoms with Crippen LogP contribution in [0.15, 0.2) is 53.5 Å². The number of benzene rings is 2. The van der Waals surface area contributed by atoms with E-state index in [1.807, 2.05) is 0 Å². The van der Waals surface area contributed by atoms with Gasteiger partial charge in [0.1, 0.15) is 17.6 Å². The minimum absolute atomic E-state index is 0.0379.